The van der Waals surface area contributed by atoms with Crippen LogP contribution in [-0.2, 0) is 4.57 Å². The van der Waals surface area contributed by atoms with Crippen LogP contribution < -0.4 is 0 Å². The maximum Gasteiger partial charge on any atom is 0.139 e. The van der Waals surface area contributed by atoms with Crippen LogP contribution in [0, 0.1) is 0 Å². The first-order chi connectivity index (χ1) is 9.04. The van der Waals surface area contributed by atoms with Gasteiger partial charge in [-0.15, -0.1) is 0 Å². The molecule has 0 heterocycles. The highest BCUT2D eigenvalue weighted by Gasteiger charge is 2.21. The van der Waals surface area contributed by atoms with Gasteiger partial charge in [-0.1, -0.05) is 73.9 Å². The van der Waals surface area contributed by atoms with E-state index in [0.717, 1.165) is 10.6 Å². The largest absolute Gasteiger partial charge is 0.314 e. The summed E-state index contributed by atoms with van der Waals surface area (Å²) in [5.74, 6) is 0. The topological polar surface area (TPSA) is 17.1 Å². The van der Waals surface area contributed by atoms with Gasteiger partial charge in [0.1, 0.15) is 7.14 Å². The van der Waals surface area contributed by atoms with Crippen LogP contribution in [0.25, 0.3) is 0 Å². The van der Waals surface area contributed by atoms with Gasteiger partial charge < -0.3 is 4.57 Å². The second kappa shape index (κ2) is 9.35. The molecule has 0 amide bonds. The van der Waals surface area contributed by atoms with Gasteiger partial charge in [-0.2, -0.15) is 0 Å². The summed E-state index contributed by atoms with van der Waals surface area (Å²) in [6.07, 6.45) is 18.3. The van der Waals surface area contributed by atoms with Crippen molar-refractivity contribution in [1.82, 2.24) is 0 Å². The van der Waals surface area contributed by atoms with Gasteiger partial charge in [0, 0.05) is 10.6 Å². The van der Waals surface area contributed by atoms with E-state index in [0.29, 0.717) is 0 Å². The third-order valence-electron chi connectivity index (χ3n) is 2.58. The lowest BCUT2D eigenvalue weighted by molar-refractivity contribution is 0.587. The predicted molar refractivity (Wildman–Crippen MR) is 88.9 cm³/mol. The smallest absolute Gasteiger partial charge is 0.139 e. The molecule has 0 saturated heterocycles. The Morgan fingerprint density at radius 3 is 2.16 bits per heavy atom. The SMILES string of the molecule is C=C/C=C\C=C(/C=C)P(C)(=O)C(/C=C\C=C/C)=C/C. The molecular weight excluding hydrogens is 251 g/mol. The molecule has 0 radical (unpaired) electrons. The molecule has 0 fully saturated rings. The lowest BCUT2D eigenvalue weighted by Crippen LogP contribution is -1.86. The fraction of sp³-hybridized carbons (Fsp3) is 0.176. The molecule has 2 heteroatoms. The molecule has 1 atom stereocenters. The van der Waals surface area contributed by atoms with E-state index >= 15 is 0 Å². The normalized spacial score (nSPS) is 17.2. The average molecular weight is 274 g/mol. The van der Waals surface area contributed by atoms with Gasteiger partial charge in [-0.25, -0.2) is 0 Å². The van der Waals surface area contributed by atoms with Crippen molar-refractivity contribution in [2.75, 3.05) is 6.66 Å². The summed E-state index contributed by atoms with van der Waals surface area (Å²) in [6.45, 7) is 13.0. The van der Waals surface area contributed by atoms with Crippen molar-refractivity contribution in [3.63, 3.8) is 0 Å². The quantitative estimate of drug-likeness (QED) is 0.422. The number of hydrogen-bond acceptors (Lipinski definition) is 1. The van der Waals surface area contributed by atoms with Crippen molar-refractivity contribution in [2.24, 2.45) is 0 Å². The first-order valence-corrected chi connectivity index (χ1v) is 8.36. The highest BCUT2D eigenvalue weighted by Crippen LogP contribution is 2.58. The van der Waals surface area contributed by atoms with Crippen LogP contribution in [0.15, 0.2) is 84.5 Å². The first kappa shape index (κ1) is 17.4. The first-order valence-electron chi connectivity index (χ1n) is 6.20. The van der Waals surface area contributed by atoms with Gasteiger partial charge in [0.25, 0.3) is 0 Å². The van der Waals surface area contributed by atoms with Crippen LogP contribution in [0.2, 0.25) is 0 Å². The van der Waals surface area contributed by atoms with Crippen molar-refractivity contribution >= 4 is 7.14 Å². The molecule has 0 N–H and O–H groups in total. The molecule has 0 aromatic heterocycles. The minimum atomic E-state index is -2.60. The molecule has 0 rings (SSSR count). The van der Waals surface area contributed by atoms with Gasteiger partial charge in [0.15, 0.2) is 0 Å². The molecule has 0 aromatic rings. The fourth-order valence-electron chi connectivity index (χ4n) is 1.52. The average Bonchev–Trinajstić information content (AvgIpc) is 2.39. The number of hydrogen-bond donors (Lipinski definition) is 0. The van der Waals surface area contributed by atoms with Crippen molar-refractivity contribution in [1.29, 1.82) is 0 Å². The molecule has 102 valence electrons. The van der Waals surface area contributed by atoms with E-state index in [1.807, 2.05) is 56.4 Å². The summed E-state index contributed by atoms with van der Waals surface area (Å²) in [5.41, 5.74) is 0. The zero-order valence-corrected chi connectivity index (χ0v) is 12.9. The molecule has 1 unspecified atom stereocenters. The summed E-state index contributed by atoms with van der Waals surface area (Å²) in [7, 11) is -2.60. The van der Waals surface area contributed by atoms with E-state index in [2.05, 4.69) is 13.2 Å². The van der Waals surface area contributed by atoms with Crippen molar-refractivity contribution in [2.45, 2.75) is 13.8 Å². The zero-order chi connectivity index (χ0) is 14.7. The third-order valence-corrected chi connectivity index (χ3v) is 5.28. The van der Waals surface area contributed by atoms with Gasteiger partial charge in [-0.05, 0) is 20.5 Å². The van der Waals surface area contributed by atoms with E-state index in [1.54, 1.807) is 24.9 Å². The molecule has 0 saturated carbocycles. The van der Waals surface area contributed by atoms with Gasteiger partial charge in [0.05, 0.1) is 0 Å². The molecular formula is C17H23OP. The van der Waals surface area contributed by atoms with E-state index in [-0.39, 0.29) is 0 Å². The Balaban J connectivity index is 5.47. The van der Waals surface area contributed by atoms with Gasteiger partial charge >= 0.3 is 0 Å². The molecule has 0 aliphatic heterocycles. The Morgan fingerprint density at radius 1 is 1.00 bits per heavy atom. The van der Waals surface area contributed by atoms with Gasteiger partial charge in [-0.3, -0.25) is 0 Å². The summed E-state index contributed by atoms with van der Waals surface area (Å²) in [5, 5.41) is 1.56. The monoisotopic (exact) mass is 274 g/mol. The summed E-state index contributed by atoms with van der Waals surface area (Å²) in [4.78, 5) is 0. The molecule has 0 aliphatic rings. The molecule has 1 nitrogen and oxygen atoms in total. The highest BCUT2D eigenvalue weighted by atomic mass is 31.2. The number of allylic oxidation sites excluding steroid dienone is 12. The zero-order valence-electron chi connectivity index (χ0n) is 12.0. The van der Waals surface area contributed by atoms with Crippen LogP contribution >= 0.6 is 7.14 Å². The second-order valence-electron chi connectivity index (χ2n) is 3.94. The lowest BCUT2D eigenvalue weighted by atomic mass is 10.4. The summed E-state index contributed by atoms with van der Waals surface area (Å²) in [6, 6.07) is 0. The Kier molecular flexibility index (Phi) is 8.57. The van der Waals surface area contributed by atoms with Gasteiger partial charge in [0.2, 0.25) is 0 Å². The van der Waals surface area contributed by atoms with Crippen molar-refractivity contribution in [3.05, 3.63) is 84.5 Å². The van der Waals surface area contributed by atoms with Crippen LogP contribution in [-0.4, -0.2) is 6.66 Å². The van der Waals surface area contributed by atoms with E-state index < -0.39 is 7.14 Å². The number of rotatable bonds is 7. The third kappa shape index (κ3) is 5.72. The second-order valence-corrected chi connectivity index (χ2v) is 6.82. The molecule has 19 heavy (non-hydrogen) atoms. The molecule has 0 aliphatic carbocycles. The van der Waals surface area contributed by atoms with Crippen LogP contribution in [0.4, 0.5) is 0 Å². The lowest BCUT2D eigenvalue weighted by Gasteiger charge is -2.15. The Hall–Kier alpha value is -1.59. The standard InChI is InChI=1S/C17H23OP/c1-6-10-12-14-16(8-3)19(5,18)17(9-4)15-13-11-7-2/h6-15H,1,3H2,2,4-5H3/b11-7-,12-10-,15-13-,16-14+,17-9+. The van der Waals surface area contributed by atoms with Crippen molar-refractivity contribution in [3.8, 4) is 0 Å². The predicted octanol–water partition coefficient (Wildman–Crippen LogP) is 5.83. The minimum Gasteiger partial charge on any atom is -0.314 e. The summed E-state index contributed by atoms with van der Waals surface area (Å²) >= 11 is 0. The molecule has 0 bridgehead atoms. The minimum absolute atomic E-state index is 0.740. The Morgan fingerprint density at radius 2 is 1.68 bits per heavy atom. The Bertz CT molecular complexity index is 499. The maximum atomic E-state index is 12.9. The van der Waals surface area contributed by atoms with E-state index in [1.165, 1.54) is 0 Å². The Labute approximate surface area is 117 Å². The summed E-state index contributed by atoms with van der Waals surface area (Å²) < 4.78 is 12.9. The van der Waals surface area contributed by atoms with Crippen LogP contribution in [0.1, 0.15) is 13.8 Å². The van der Waals surface area contributed by atoms with E-state index in [9.17, 15) is 4.57 Å². The highest BCUT2D eigenvalue weighted by molar-refractivity contribution is 7.72. The molecule has 0 aromatic carbocycles. The fourth-order valence-corrected chi connectivity index (χ4v) is 3.40. The van der Waals surface area contributed by atoms with E-state index in [4.69, 9.17) is 0 Å². The van der Waals surface area contributed by atoms with Crippen LogP contribution in [0.5, 0.6) is 0 Å². The van der Waals surface area contributed by atoms with Crippen LogP contribution in [0.3, 0.4) is 0 Å². The van der Waals surface area contributed by atoms with Crippen molar-refractivity contribution < 1.29 is 4.57 Å². The molecule has 0 spiro atoms. The maximum absolute atomic E-state index is 12.9.